The van der Waals surface area contributed by atoms with Crippen LogP contribution in [0.3, 0.4) is 0 Å². The van der Waals surface area contributed by atoms with Crippen molar-refractivity contribution >= 4 is 5.91 Å². The number of alkyl halides is 3. The van der Waals surface area contributed by atoms with E-state index < -0.39 is 29.3 Å². The fourth-order valence-corrected chi connectivity index (χ4v) is 2.50. The number of carbonyl (C=O) groups excluding carboxylic acids is 1. The van der Waals surface area contributed by atoms with Crippen LogP contribution in [0.15, 0.2) is 48.5 Å². The first-order chi connectivity index (χ1) is 12.8. The standard InChI is InChI=1S/C20H19F3N2O2/c1-2-6-18(19(26)25-13-14-7-4-3-5-8-14)27-16-10-9-15(12-24)17(11-16)20(21,22)23/h3-5,7-11,18H,2,6,13H2,1H3,(H,25,26)/t18-/m1/s1. The van der Waals surface area contributed by atoms with Crippen molar-refractivity contribution in [1.82, 2.24) is 5.32 Å². The predicted molar refractivity (Wildman–Crippen MR) is 93.8 cm³/mol. The van der Waals surface area contributed by atoms with Crippen LogP contribution in [0.5, 0.6) is 5.75 Å². The van der Waals surface area contributed by atoms with E-state index in [1.54, 1.807) is 0 Å². The van der Waals surface area contributed by atoms with Gasteiger partial charge in [-0.25, -0.2) is 0 Å². The minimum absolute atomic E-state index is 0.102. The lowest BCUT2D eigenvalue weighted by atomic mass is 10.1. The van der Waals surface area contributed by atoms with Crippen molar-refractivity contribution in [3.8, 4) is 11.8 Å². The van der Waals surface area contributed by atoms with E-state index in [1.165, 1.54) is 12.1 Å². The maximum Gasteiger partial charge on any atom is 0.417 e. The molecular weight excluding hydrogens is 357 g/mol. The third-order valence-corrected chi connectivity index (χ3v) is 3.85. The fourth-order valence-electron chi connectivity index (χ4n) is 2.50. The average molecular weight is 376 g/mol. The molecule has 0 aromatic heterocycles. The van der Waals surface area contributed by atoms with E-state index in [2.05, 4.69) is 5.32 Å². The van der Waals surface area contributed by atoms with Gasteiger partial charge in [0.05, 0.1) is 17.2 Å². The van der Waals surface area contributed by atoms with E-state index in [-0.39, 0.29) is 5.75 Å². The first kappa shape index (κ1) is 20.3. The molecule has 4 nitrogen and oxygen atoms in total. The molecule has 0 saturated heterocycles. The largest absolute Gasteiger partial charge is 0.481 e. The second-order valence-corrected chi connectivity index (χ2v) is 5.92. The van der Waals surface area contributed by atoms with Crippen LogP contribution in [0.25, 0.3) is 0 Å². The van der Waals surface area contributed by atoms with E-state index in [0.29, 0.717) is 19.4 Å². The smallest absolute Gasteiger partial charge is 0.417 e. The Morgan fingerprint density at radius 1 is 1.22 bits per heavy atom. The van der Waals surface area contributed by atoms with Gasteiger partial charge in [-0.3, -0.25) is 4.79 Å². The minimum Gasteiger partial charge on any atom is -0.481 e. The van der Waals surface area contributed by atoms with Crippen molar-refractivity contribution in [2.75, 3.05) is 0 Å². The van der Waals surface area contributed by atoms with Gasteiger partial charge in [0, 0.05) is 6.54 Å². The molecule has 0 spiro atoms. The molecule has 0 aliphatic rings. The number of nitrogens with one attached hydrogen (secondary N) is 1. The van der Waals surface area contributed by atoms with E-state index in [4.69, 9.17) is 10.00 Å². The van der Waals surface area contributed by atoms with Gasteiger partial charge >= 0.3 is 6.18 Å². The van der Waals surface area contributed by atoms with Crippen molar-refractivity contribution in [3.63, 3.8) is 0 Å². The van der Waals surface area contributed by atoms with Crippen LogP contribution in [-0.4, -0.2) is 12.0 Å². The molecule has 0 bridgehead atoms. The number of halogens is 3. The highest BCUT2D eigenvalue weighted by molar-refractivity contribution is 5.81. The van der Waals surface area contributed by atoms with Crippen molar-refractivity contribution in [1.29, 1.82) is 5.26 Å². The molecule has 2 aromatic rings. The molecule has 0 fully saturated rings. The maximum absolute atomic E-state index is 13.1. The average Bonchev–Trinajstić information content (AvgIpc) is 2.66. The summed E-state index contributed by atoms with van der Waals surface area (Å²) in [5, 5.41) is 11.6. The monoisotopic (exact) mass is 376 g/mol. The van der Waals surface area contributed by atoms with Crippen LogP contribution in [0, 0.1) is 11.3 Å². The van der Waals surface area contributed by atoms with Crippen molar-refractivity contribution in [3.05, 3.63) is 65.2 Å². The van der Waals surface area contributed by atoms with Gasteiger partial charge < -0.3 is 10.1 Å². The normalized spacial score (nSPS) is 12.1. The lowest BCUT2D eigenvalue weighted by Crippen LogP contribution is -2.38. The van der Waals surface area contributed by atoms with Gasteiger partial charge in [0.2, 0.25) is 0 Å². The third kappa shape index (κ3) is 5.74. The van der Waals surface area contributed by atoms with Crippen LogP contribution in [0.1, 0.15) is 36.5 Å². The van der Waals surface area contributed by atoms with Gasteiger partial charge in [0.15, 0.2) is 6.10 Å². The van der Waals surface area contributed by atoms with Crippen LogP contribution < -0.4 is 10.1 Å². The second kappa shape index (κ2) is 9.08. The van der Waals surface area contributed by atoms with Gasteiger partial charge in [-0.1, -0.05) is 43.7 Å². The summed E-state index contributed by atoms with van der Waals surface area (Å²) in [6.07, 6.45) is -4.64. The minimum atomic E-state index is -4.68. The molecular formula is C20H19F3N2O2. The molecule has 2 aromatic carbocycles. The molecule has 0 heterocycles. The van der Waals surface area contributed by atoms with E-state index >= 15 is 0 Å². The molecule has 27 heavy (non-hydrogen) atoms. The summed E-state index contributed by atoms with van der Waals surface area (Å²) in [5.74, 6) is -0.506. The molecule has 7 heteroatoms. The summed E-state index contributed by atoms with van der Waals surface area (Å²) in [4.78, 5) is 12.4. The number of nitriles is 1. The van der Waals surface area contributed by atoms with Crippen LogP contribution in [0.2, 0.25) is 0 Å². The summed E-state index contributed by atoms with van der Waals surface area (Å²) < 4.78 is 44.8. The molecule has 142 valence electrons. The van der Waals surface area contributed by atoms with E-state index in [0.717, 1.165) is 17.7 Å². The van der Waals surface area contributed by atoms with Gasteiger partial charge in [-0.2, -0.15) is 18.4 Å². The Hall–Kier alpha value is -3.01. The summed E-state index contributed by atoms with van der Waals surface area (Å²) in [6, 6.07) is 13.8. The Morgan fingerprint density at radius 2 is 1.93 bits per heavy atom. The van der Waals surface area contributed by atoms with Crippen molar-refractivity contribution < 1.29 is 22.7 Å². The summed E-state index contributed by atoms with van der Waals surface area (Å²) in [5.41, 5.74) is -0.670. The van der Waals surface area contributed by atoms with Crippen LogP contribution in [-0.2, 0) is 17.5 Å². The Kier molecular flexibility index (Phi) is 6.83. The van der Waals surface area contributed by atoms with Gasteiger partial charge in [0.25, 0.3) is 5.91 Å². The molecule has 0 saturated carbocycles. The van der Waals surface area contributed by atoms with Crippen molar-refractivity contribution in [2.45, 2.75) is 38.6 Å². The third-order valence-electron chi connectivity index (χ3n) is 3.85. The lowest BCUT2D eigenvalue weighted by Gasteiger charge is -2.19. The SMILES string of the molecule is CCC[C@@H](Oc1ccc(C#N)c(C(F)(F)F)c1)C(=O)NCc1ccccc1. The van der Waals surface area contributed by atoms with Gasteiger partial charge in [0.1, 0.15) is 5.75 Å². The molecule has 1 atom stereocenters. The summed E-state index contributed by atoms with van der Waals surface area (Å²) >= 11 is 0. The number of hydrogen-bond donors (Lipinski definition) is 1. The van der Waals surface area contributed by atoms with Gasteiger partial charge in [-0.15, -0.1) is 0 Å². The maximum atomic E-state index is 13.1. The van der Waals surface area contributed by atoms with Crippen LogP contribution in [0.4, 0.5) is 13.2 Å². The van der Waals surface area contributed by atoms with Gasteiger partial charge in [-0.05, 0) is 30.2 Å². The zero-order chi connectivity index (χ0) is 19.9. The topological polar surface area (TPSA) is 62.1 Å². The number of carbonyl (C=O) groups is 1. The number of nitrogens with zero attached hydrogens (tertiary/aromatic N) is 1. The number of benzene rings is 2. The summed E-state index contributed by atoms with van der Waals surface area (Å²) in [7, 11) is 0. The summed E-state index contributed by atoms with van der Waals surface area (Å²) in [6.45, 7) is 2.14. The molecule has 1 amide bonds. The van der Waals surface area contributed by atoms with Crippen LogP contribution >= 0.6 is 0 Å². The molecule has 0 aliphatic carbocycles. The zero-order valence-corrected chi connectivity index (χ0v) is 14.7. The first-order valence-corrected chi connectivity index (χ1v) is 8.44. The Balaban J connectivity index is 2.13. The van der Waals surface area contributed by atoms with E-state index in [1.807, 2.05) is 37.3 Å². The number of ether oxygens (including phenoxy) is 1. The highest BCUT2D eigenvalue weighted by atomic mass is 19.4. The molecule has 0 radical (unpaired) electrons. The molecule has 2 rings (SSSR count). The number of rotatable bonds is 7. The lowest BCUT2D eigenvalue weighted by molar-refractivity contribution is -0.137. The molecule has 0 unspecified atom stereocenters. The molecule has 1 N–H and O–H groups in total. The highest BCUT2D eigenvalue weighted by Crippen LogP contribution is 2.34. The Morgan fingerprint density at radius 3 is 2.52 bits per heavy atom. The predicted octanol–water partition coefficient (Wildman–Crippen LogP) is 4.44. The highest BCUT2D eigenvalue weighted by Gasteiger charge is 2.34. The first-order valence-electron chi connectivity index (χ1n) is 8.44. The van der Waals surface area contributed by atoms with Crippen molar-refractivity contribution in [2.24, 2.45) is 0 Å². The second-order valence-electron chi connectivity index (χ2n) is 5.92. The fraction of sp³-hybridized carbons (Fsp3) is 0.300. The zero-order valence-electron chi connectivity index (χ0n) is 14.7. The number of amides is 1. The van der Waals surface area contributed by atoms with E-state index in [9.17, 15) is 18.0 Å². The Labute approximate surface area is 155 Å². The Bertz CT molecular complexity index is 814. The number of hydrogen-bond acceptors (Lipinski definition) is 3. The molecule has 0 aliphatic heterocycles. The quantitative estimate of drug-likeness (QED) is 0.777.